The van der Waals surface area contributed by atoms with Gasteiger partial charge in [-0.1, -0.05) is 97.1 Å². The SMILES string of the molecule is NC(c1cccc(-c2ccccc2)c1)C(N)c1cccc(-c2ccccc2)c1. The van der Waals surface area contributed by atoms with Crippen LogP contribution in [0.1, 0.15) is 23.2 Å². The minimum atomic E-state index is -0.283. The molecule has 0 aliphatic rings. The number of benzene rings is 4. The maximum Gasteiger partial charge on any atom is 0.0491 e. The summed E-state index contributed by atoms with van der Waals surface area (Å²) in [5.41, 5.74) is 19.9. The summed E-state index contributed by atoms with van der Waals surface area (Å²) in [6.45, 7) is 0. The van der Waals surface area contributed by atoms with Crippen molar-refractivity contribution in [3.05, 3.63) is 120 Å². The minimum Gasteiger partial charge on any atom is -0.322 e. The van der Waals surface area contributed by atoms with Gasteiger partial charge in [-0.3, -0.25) is 0 Å². The number of rotatable bonds is 5. The van der Waals surface area contributed by atoms with E-state index in [9.17, 15) is 0 Å². The Balaban J connectivity index is 1.61. The molecule has 0 radical (unpaired) electrons. The van der Waals surface area contributed by atoms with Gasteiger partial charge in [-0.15, -0.1) is 0 Å². The molecule has 0 aromatic heterocycles. The summed E-state index contributed by atoms with van der Waals surface area (Å²) in [5.74, 6) is 0. The molecule has 0 aliphatic heterocycles. The van der Waals surface area contributed by atoms with Gasteiger partial charge >= 0.3 is 0 Å². The fourth-order valence-electron chi connectivity index (χ4n) is 3.53. The van der Waals surface area contributed by atoms with Crippen LogP contribution in [0, 0.1) is 0 Å². The fraction of sp³-hybridized carbons (Fsp3) is 0.0769. The topological polar surface area (TPSA) is 52.0 Å². The Kier molecular flexibility index (Phi) is 5.34. The van der Waals surface area contributed by atoms with E-state index >= 15 is 0 Å². The molecule has 0 saturated heterocycles. The van der Waals surface area contributed by atoms with Gasteiger partial charge in [0.15, 0.2) is 0 Å². The third-order valence-electron chi connectivity index (χ3n) is 5.14. The molecule has 28 heavy (non-hydrogen) atoms. The highest BCUT2D eigenvalue weighted by molar-refractivity contribution is 5.65. The molecule has 2 nitrogen and oxygen atoms in total. The average Bonchev–Trinajstić information content (AvgIpc) is 2.79. The number of nitrogens with two attached hydrogens (primary N) is 2. The monoisotopic (exact) mass is 364 g/mol. The second kappa shape index (κ2) is 8.22. The molecule has 2 atom stereocenters. The average molecular weight is 364 g/mol. The third-order valence-corrected chi connectivity index (χ3v) is 5.14. The molecule has 0 aliphatic carbocycles. The summed E-state index contributed by atoms with van der Waals surface area (Å²) >= 11 is 0. The number of hydrogen-bond donors (Lipinski definition) is 2. The summed E-state index contributed by atoms with van der Waals surface area (Å²) in [7, 11) is 0. The van der Waals surface area contributed by atoms with Crippen molar-refractivity contribution >= 4 is 0 Å². The van der Waals surface area contributed by atoms with E-state index in [-0.39, 0.29) is 12.1 Å². The lowest BCUT2D eigenvalue weighted by molar-refractivity contribution is 0.575. The molecule has 0 heterocycles. The van der Waals surface area contributed by atoms with Crippen molar-refractivity contribution in [3.8, 4) is 22.3 Å². The van der Waals surface area contributed by atoms with Crippen LogP contribution in [0.3, 0.4) is 0 Å². The molecule has 0 amide bonds. The molecular formula is C26H24N2. The maximum atomic E-state index is 6.58. The maximum absolute atomic E-state index is 6.58. The molecule has 2 unspecified atom stereocenters. The zero-order valence-corrected chi connectivity index (χ0v) is 15.7. The van der Waals surface area contributed by atoms with Crippen molar-refractivity contribution in [2.24, 2.45) is 11.5 Å². The van der Waals surface area contributed by atoms with Gasteiger partial charge in [-0.25, -0.2) is 0 Å². The van der Waals surface area contributed by atoms with Gasteiger partial charge in [-0.05, 0) is 45.5 Å². The standard InChI is InChI=1S/C26H24N2/c27-25(23-15-7-13-21(17-23)19-9-3-1-4-10-19)26(28)24-16-8-14-22(18-24)20-11-5-2-6-12-20/h1-18,25-26H,27-28H2. The lowest BCUT2D eigenvalue weighted by Gasteiger charge is -2.22. The van der Waals surface area contributed by atoms with E-state index in [1.165, 1.54) is 11.1 Å². The quantitative estimate of drug-likeness (QED) is 0.476. The highest BCUT2D eigenvalue weighted by atomic mass is 14.8. The molecule has 0 spiro atoms. The normalized spacial score (nSPS) is 13.1. The predicted octanol–water partition coefficient (Wildman–Crippen LogP) is 5.72. The zero-order valence-electron chi connectivity index (χ0n) is 15.7. The Morgan fingerprint density at radius 3 is 1.14 bits per heavy atom. The van der Waals surface area contributed by atoms with Crippen molar-refractivity contribution in [2.75, 3.05) is 0 Å². The van der Waals surface area contributed by atoms with E-state index in [0.717, 1.165) is 22.3 Å². The molecule has 4 aromatic rings. The Morgan fingerprint density at radius 2 is 0.750 bits per heavy atom. The summed E-state index contributed by atoms with van der Waals surface area (Å²) in [6.07, 6.45) is 0. The van der Waals surface area contributed by atoms with Crippen LogP contribution < -0.4 is 11.5 Å². The molecule has 0 saturated carbocycles. The lowest BCUT2D eigenvalue weighted by Crippen LogP contribution is -2.26. The van der Waals surface area contributed by atoms with Crippen molar-refractivity contribution in [1.29, 1.82) is 0 Å². The van der Waals surface area contributed by atoms with Gasteiger partial charge in [-0.2, -0.15) is 0 Å². The first-order valence-electron chi connectivity index (χ1n) is 9.54. The summed E-state index contributed by atoms with van der Waals surface area (Å²) in [5, 5.41) is 0. The van der Waals surface area contributed by atoms with E-state index in [0.29, 0.717) is 0 Å². The number of hydrogen-bond acceptors (Lipinski definition) is 2. The molecule has 0 bridgehead atoms. The van der Waals surface area contributed by atoms with Crippen molar-refractivity contribution < 1.29 is 0 Å². The van der Waals surface area contributed by atoms with Crippen LogP contribution in [0.4, 0.5) is 0 Å². The van der Waals surface area contributed by atoms with Crippen molar-refractivity contribution in [1.82, 2.24) is 0 Å². The molecule has 4 rings (SSSR count). The summed E-state index contributed by atoms with van der Waals surface area (Å²) < 4.78 is 0. The van der Waals surface area contributed by atoms with Gasteiger partial charge in [0.05, 0.1) is 0 Å². The molecular weight excluding hydrogens is 340 g/mol. The molecule has 2 heteroatoms. The smallest absolute Gasteiger partial charge is 0.0491 e. The van der Waals surface area contributed by atoms with Gasteiger partial charge in [0, 0.05) is 12.1 Å². The lowest BCUT2D eigenvalue weighted by atomic mass is 9.91. The van der Waals surface area contributed by atoms with Gasteiger partial charge in [0.25, 0.3) is 0 Å². The van der Waals surface area contributed by atoms with E-state index in [1.807, 2.05) is 48.5 Å². The molecule has 4 aromatic carbocycles. The second-order valence-corrected chi connectivity index (χ2v) is 7.03. The summed E-state index contributed by atoms with van der Waals surface area (Å²) in [4.78, 5) is 0. The highest BCUT2D eigenvalue weighted by Gasteiger charge is 2.18. The Labute approximate surface area is 166 Å². The minimum absolute atomic E-state index is 0.283. The Bertz CT molecular complexity index is 955. The van der Waals surface area contributed by atoms with Crippen molar-refractivity contribution in [2.45, 2.75) is 12.1 Å². The van der Waals surface area contributed by atoms with Gasteiger partial charge in [0.2, 0.25) is 0 Å². The fourth-order valence-corrected chi connectivity index (χ4v) is 3.53. The van der Waals surface area contributed by atoms with E-state index in [4.69, 9.17) is 11.5 Å². The zero-order chi connectivity index (χ0) is 19.3. The first kappa shape index (κ1) is 18.2. The van der Waals surface area contributed by atoms with Crippen LogP contribution in [0.25, 0.3) is 22.3 Å². The van der Waals surface area contributed by atoms with Crippen LogP contribution in [-0.4, -0.2) is 0 Å². The third kappa shape index (κ3) is 3.89. The molecule has 138 valence electrons. The summed E-state index contributed by atoms with van der Waals surface area (Å²) in [6, 6.07) is 36.8. The first-order valence-corrected chi connectivity index (χ1v) is 9.54. The van der Waals surface area contributed by atoms with Crippen LogP contribution in [-0.2, 0) is 0 Å². The van der Waals surface area contributed by atoms with Gasteiger partial charge < -0.3 is 11.5 Å². The predicted molar refractivity (Wildman–Crippen MR) is 118 cm³/mol. The van der Waals surface area contributed by atoms with Crippen molar-refractivity contribution in [3.63, 3.8) is 0 Å². The first-order chi connectivity index (χ1) is 13.7. The highest BCUT2D eigenvalue weighted by Crippen LogP contribution is 2.30. The van der Waals surface area contributed by atoms with Crippen LogP contribution in [0.2, 0.25) is 0 Å². The second-order valence-electron chi connectivity index (χ2n) is 7.03. The Hall–Kier alpha value is -3.20. The van der Waals surface area contributed by atoms with E-state index in [2.05, 4.69) is 60.7 Å². The van der Waals surface area contributed by atoms with Crippen LogP contribution in [0.15, 0.2) is 109 Å². The van der Waals surface area contributed by atoms with Crippen LogP contribution in [0.5, 0.6) is 0 Å². The Morgan fingerprint density at radius 1 is 0.393 bits per heavy atom. The van der Waals surface area contributed by atoms with Gasteiger partial charge in [0.1, 0.15) is 0 Å². The van der Waals surface area contributed by atoms with Crippen LogP contribution >= 0.6 is 0 Å². The van der Waals surface area contributed by atoms with E-state index in [1.54, 1.807) is 0 Å². The molecule has 0 fully saturated rings. The largest absolute Gasteiger partial charge is 0.322 e. The van der Waals surface area contributed by atoms with E-state index < -0.39 is 0 Å². The molecule has 4 N–H and O–H groups in total.